The SMILES string of the molecule is CN1[C@@H]2CC[C@@H]1C(O)C(c1ccccc1)C2. The lowest BCUT2D eigenvalue weighted by atomic mass is 9.83. The summed E-state index contributed by atoms with van der Waals surface area (Å²) in [6.07, 6.45) is 3.33. The number of fused-ring (bicyclic) bond motifs is 2. The first kappa shape index (κ1) is 10.3. The van der Waals surface area contributed by atoms with Crippen molar-refractivity contribution >= 4 is 0 Å². The number of hydrogen-bond acceptors (Lipinski definition) is 2. The minimum absolute atomic E-state index is 0.189. The molecule has 3 rings (SSSR count). The highest BCUT2D eigenvalue weighted by molar-refractivity contribution is 5.23. The van der Waals surface area contributed by atoms with E-state index >= 15 is 0 Å². The van der Waals surface area contributed by atoms with Crippen molar-refractivity contribution in [2.75, 3.05) is 7.05 Å². The summed E-state index contributed by atoms with van der Waals surface area (Å²) in [5.41, 5.74) is 1.31. The molecule has 2 bridgehead atoms. The Morgan fingerprint density at radius 2 is 1.94 bits per heavy atom. The van der Waals surface area contributed by atoms with Gasteiger partial charge in [0.2, 0.25) is 0 Å². The van der Waals surface area contributed by atoms with Gasteiger partial charge < -0.3 is 5.11 Å². The Morgan fingerprint density at radius 3 is 2.69 bits per heavy atom. The van der Waals surface area contributed by atoms with Gasteiger partial charge in [-0.25, -0.2) is 0 Å². The summed E-state index contributed by atoms with van der Waals surface area (Å²) in [7, 11) is 2.16. The fraction of sp³-hybridized carbons (Fsp3) is 0.571. The lowest BCUT2D eigenvalue weighted by Crippen LogP contribution is -2.48. The smallest absolute Gasteiger partial charge is 0.0764 e. The molecule has 0 radical (unpaired) electrons. The maximum absolute atomic E-state index is 10.4. The minimum atomic E-state index is -0.189. The van der Waals surface area contributed by atoms with Crippen LogP contribution in [-0.2, 0) is 0 Å². The number of benzene rings is 1. The van der Waals surface area contributed by atoms with Crippen molar-refractivity contribution in [1.29, 1.82) is 0 Å². The molecule has 1 aromatic carbocycles. The number of hydrogen-bond donors (Lipinski definition) is 1. The average Bonchev–Trinajstić information content (AvgIpc) is 2.57. The summed E-state index contributed by atoms with van der Waals surface area (Å²) in [5, 5.41) is 10.4. The molecule has 1 aromatic rings. The Hall–Kier alpha value is -0.860. The molecule has 0 aliphatic carbocycles. The topological polar surface area (TPSA) is 23.5 Å². The molecule has 2 heteroatoms. The van der Waals surface area contributed by atoms with Crippen LogP contribution in [0.15, 0.2) is 30.3 Å². The van der Waals surface area contributed by atoms with E-state index in [9.17, 15) is 5.11 Å². The highest BCUT2D eigenvalue weighted by Gasteiger charge is 2.44. The normalized spacial score (nSPS) is 38.9. The zero-order valence-electron chi connectivity index (χ0n) is 9.71. The van der Waals surface area contributed by atoms with Gasteiger partial charge in [0, 0.05) is 18.0 Å². The van der Waals surface area contributed by atoms with Crippen LogP contribution in [0.25, 0.3) is 0 Å². The van der Waals surface area contributed by atoms with E-state index in [2.05, 4.69) is 36.2 Å². The number of aliphatic hydroxyl groups is 1. The second kappa shape index (κ2) is 3.86. The molecule has 16 heavy (non-hydrogen) atoms. The summed E-state index contributed by atoms with van der Waals surface area (Å²) >= 11 is 0. The Bertz CT molecular complexity index is 364. The highest BCUT2D eigenvalue weighted by atomic mass is 16.3. The molecular formula is C14H19NO. The van der Waals surface area contributed by atoms with Gasteiger partial charge in [0.1, 0.15) is 0 Å². The van der Waals surface area contributed by atoms with Crippen molar-refractivity contribution in [2.24, 2.45) is 0 Å². The predicted molar refractivity (Wildman–Crippen MR) is 64.4 cm³/mol. The Morgan fingerprint density at radius 1 is 1.19 bits per heavy atom. The highest BCUT2D eigenvalue weighted by Crippen LogP contribution is 2.42. The van der Waals surface area contributed by atoms with Gasteiger partial charge in [-0.05, 0) is 31.9 Å². The molecule has 2 unspecified atom stereocenters. The van der Waals surface area contributed by atoms with Crippen LogP contribution in [0, 0.1) is 0 Å². The maximum atomic E-state index is 10.4. The monoisotopic (exact) mass is 217 g/mol. The van der Waals surface area contributed by atoms with Crippen LogP contribution in [0.4, 0.5) is 0 Å². The zero-order valence-corrected chi connectivity index (χ0v) is 9.71. The third kappa shape index (κ3) is 1.48. The second-order valence-electron chi connectivity index (χ2n) is 5.21. The van der Waals surface area contributed by atoms with Crippen LogP contribution >= 0.6 is 0 Å². The van der Waals surface area contributed by atoms with Crippen molar-refractivity contribution in [1.82, 2.24) is 4.90 Å². The van der Waals surface area contributed by atoms with E-state index in [0.717, 1.165) is 12.8 Å². The average molecular weight is 217 g/mol. The second-order valence-corrected chi connectivity index (χ2v) is 5.21. The van der Waals surface area contributed by atoms with E-state index in [1.165, 1.54) is 12.0 Å². The molecule has 2 aliphatic heterocycles. The van der Waals surface area contributed by atoms with Crippen molar-refractivity contribution in [3.8, 4) is 0 Å². The standard InChI is InChI=1S/C14H19NO/c1-15-11-7-8-13(15)14(16)12(9-11)10-5-3-2-4-6-10/h2-6,11-14,16H,7-9H2,1H3/t11-,12?,13-,14?/m1/s1. The molecule has 0 amide bonds. The molecule has 1 N–H and O–H groups in total. The third-order valence-corrected chi connectivity index (χ3v) is 4.45. The molecule has 0 aromatic heterocycles. The molecule has 2 fully saturated rings. The first-order valence-corrected chi connectivity index (χ1v) is 6.22. The van der Waals surface area contributed by atoms with E-state index in [0.29, 0.717) is 18.0 Å². The molecule has 0 spiro atoms. The fourth-order valence-electron chi connectivity index (χ4n) is 3.47. The summed E-state index contributed by atoms with van der Waals surface area (Å²) in [6, 6.07) is 11.5. The molecule has 0 saturated carbocycles. The van der Waals surface area contributed by atoms with Gasteiger partial charge in [-0.15, -0.1) is 0 Å². The van der Waals surface area contributed by atoms with E-state index < -0.39 is 0 Å². The summed E-state index contributed by atoms with van der Waals surface area (Å²) < 4.78 is 0. The molecule has 4 atom stereocenters. The lowest BCUT2D eigenvalue weighted by Gasteiger charge is -2.40. The predicted octanol–water partition coefficient (Wildman–Crippen LogP) is 2.00. The van der Waals surface area contributed by atoms with E-state index in [1.54, 1.807) is 0 Å². The number of likely N-dealkylation sites (N-methyl/N-ethyl adjacent to an activating group) is 1. The van der Waals surface area contributed by atoms with Crippen molar-refractivity contribution in [3.63, 3.8) is 0 Å². The first-order valence-electron chi connectivity index (χ1n) is 6.22. The van der Waals surface area contributed by atoms with Gasteiger partial charge in [0.05, 0.1) is 6.10 Å². The molecular weight excluding hydrogens is 198 g/mol. The van der Waals surface area contributed by atoms with E-state index in [-0.39, 0.29) is 6.10 Å². The summed E-state index contributed by atoms with van der Waals surface area (Å²) in [4.78, 5) is 2.38. The summed E-state index contributed by atoms with van der Waals surface area (Å²) in [5.74, 6) is 0.342. The van der Waals surface area contributed by atoms with Gasteiger partial charge >= 0.3 is 0 Å². The van der Waals surface area contributed by atoms with E-state index in [4.69, 9.17) is 0 Å². The largest absolute Gasteiger partial charge is 0.391 e. The Balaban J connectivity index is 1.88. The maximum Gasteiger partial charge on any atom is 0.0764 e. The zero-order chi connectivity index (χ0) is 11.1. The Kier molecular flexibility index (Phi) is 2.49. The van der Waals surface area contributed by atoms with Gasteiger partial charge in [0.15, 0.2) is 0 Å². The number of rotatable bonds is 1. The first-order chi connectivity index (χ1) is 7.77. The molecule has 2 saturated heterocycles. The molecule has 2 nitrogen and oxygen atoms in total. The van der Waals surface area contributed by atoms with E-state index in [1.807, 2.05) is 6.07 Å². The van der Waals surface area contributed by atoms with Crippen molar-refractivity contribution in [3.05, 3.63) is 35.9 Å². The van der Waals surface area contributed by atoms with Gasteiger partial charge in [-0.2, -0.15) is 0 Å². The Labute approximate surface area is 96.9 Å². The van der Waals surface area contributed by atoms with Gasteiger partial charge in [-0.3, -0.25) is 4.90 Å². The molecule has 86 valence electrons. The van der Waals surface area contributed by atoms with Crippen LogP contribution in [0.1, 0.15) is 30.7 Å². The number of nitrogens with zero attached hydrogens (tertiary/aromatic N) is 1. The van der Waals surface area contributed by atoms with Crippen molar-refractivity contribution < 1.29 is 5.11 Å². The van der Waals surface area contributed by atoms with Gasteiger partial charge in [-0.1, -0.05) is 30.3 Å². The van der Waals surface area contributed by atoms with Crippen molar-refractivity contribution in [2.45, 2.75) is 43.4 Å². The van der Waals surface area contributed by atoms with Crippen LogP contribution in [0.3, 0.4) is 0 Å². The molecule has 2 aliphatic rings. The lowest BCUT2D eigenvalue weighted by molar-refractivity contribution is 0.0112. The third-order valence-electron chi connectivity index (χ3n) is 4.45. The minimum Gasteiger partial charge on any atom is -0.391 e. The van der Waals surface area contributed by atoms with Crippen LogP contribution in [0.5, 0.6) is 0 Å². The van der Waals surface area contributed by atoms with Gasteiger partial charge in [0.25, 0.3) is 0 Å². The summed E-state index contributed by atoms with van der Waals surface area (Å²) in [6.45, 7) is 0. The van der Waals surface area contributed by atoms with Crippen LogP contribution in [0.2, 0.25) is 0 Å². The fourth-order valence-corrected chi connectivity index (χ4v) is 3.47. The quantitative estimate of drug-likeness (QED) is 0.777. The number of aliphatic hydroxyl groups excluding tert-OH is 1. The number of piperidine rings is 1. The van der Waals surface area contributed by atoms with Crippen LogP contribution < -0.4 is 0 Å². The molecule has 2 heterocycles. The van der Waals surface area contributed by atoms with Crippen LogP contribution in [-0.4, -0.2) is 35.2 Å².